The van der Waals surface area contributed by atoms with Crippen molar-refractivity contribution >= 4 is 55.0 Å². The molecule has 0 aliphatic rings. The van der Waals surface area contributed by atoms with Crippen LogP contribution in [0, 0.1) is 29.9 Å². The van der Waals surface area contributed by atoms with Gasteiger partial charge in [-0.05, 0) is 45.4 Å². The molecule has 37 heavy (non-hydrogen) atoms. The Balaban J connectivity index is 2.08. The molecule has 0 radical (unpaired) electrons. The number of nitriles is 1. The van der Waals surface area contributed by atoms with Gasteiger partial charge >= 0.3 is 12.3 Å². The van der Waals surface area contributed by atoms with Crippen LogP contribution < -0.4 is 5.32 Å². The smallest absolute Gasteiger partial charge is 0.417 e. The minimum Gasteiger partial charge on any atom is -0.444 e. The highest BCUT2D eigenvalue weighted by atomic mass is 35.5. The molecule has 4 aromatic rings. The maximum absolute atomic E-state index is 15.9. The van der Waals surface area contributed by atoms with Crippen molar-refractivity contribution in [2.45, 2.75) is 39.5 Å². The number of aryl methyl sites for hydroxylation is 1. The molecule has 13 heteroatoms. The van der Waals surface area contributed by atoms with E-state index in [1.807, 2.05) is 0 Å². The third kappa shape index (κ3) is 4.89. The van der Waals surface area contributed by atoms with E-state index in [0.717, 1.165) is 12.1 Å². The second-order valence-electron chi connectivity index (χ2n) is 8.91. The van der Waals surface area contributed by atoms with E-state index in [2.05, 4.69) is 15.3 Å². The van der Waals surface area contributed by atoms with Crippen LogP contribution in [0.4, 0.5) is 31.7 Å². The average Bonchev–Trinajstić information content (AvgIpc) is 3.11. The number of aromatic nitrogens is 2. The van der Waals surface area contributed by atoms with Gasteiger partial charge in [-0.15, -0.1) is 11.3 Å². The van der Waals surface area contributed by atoms with Gasteiger partial charge in [-0.3, -0.25) is 5.32 Å². The number of hydrogen-bond acceptors (Lipinski definition) is 6. The number of fused-ring (bicyclic) bond motifs is 2. The van der Waals surface area contributed by atoms with Crippen LogP contribution >= 0.6 is 22.9 Å². The van der Waals surface area contributed by atoms with Crippen LogP contribution in [0.25, 0.3) is 32.1 Å². The van der Waals surface area contributed by atoms with Crippen molar-refractivity contribution in [3.63, 3.8) is 0 Å². The van der Waals surface area contributed by atoms with Crippen LogP contribution in [-0.4, -0.2) is 21.7 Å². The normalized spacial score (nSPS) is 12.1. The summed E-state index contributed by atoms with van der Waals surface area (Å²) in [5.41, 5.74) is -4.51. The number of alkyl halides is 3. The summed E-state index contributed by atoms with van der Waals surface area (Å²) in [6.07, 6.45) is -6.04. The first-order chi connectivity index (χ1) is 17.1. The predicted octanol–water partition coefficient (Wildman–Crippen LogP) is 7.99. The first-order valence-corrected chi connectivity index (χ1v) is 11.7. The molecule has 0 bridgehead atoms. The zero-order valence-corrected chi connectivity index (χ0v) is 21.1. The minimum atomic E-state index is -5.07. The van der Waals surface area contributed by atoms with E-state index in [1.54, 1.807) is 26.8 Å². The van der Waals surface area contributed by atoms with Gasteiger partial charge in [0.1, 0.15) is 39.0 Å². The lowest BCUT2D eigenvalue weighted by Crippen LogP contribution is -2.27. The number of amides is 1. The van der Waals surface area contributed by atoms with Crippen molar-refractivity contribution in [2.24, 2.45) is 0 Å². The summed E-state index contributed by atoms with van der Waals surface area (Å²) < 4.78 is 78.1. The molecule has 2 aromatic carbocycles. The molecular weight excluding hydrogens is 539 g/mol. The fraction of sp³-hybridized carbons (Fsp3) is 0.250. The first kappa shape index (κ1) is 26.5. The number of carbonyl (C=O) groups is 1. The van der Waals surface area contributed by atoms with Crippen LogP contribution in [0.15, 0.2) is 18.2 Å². The largest absolute Gasteiger partial charge is 0.444 e. The SMILES string of the molecule is Cc1nc(Cl)c2cc(C(F)(F)F)c(-c3ccc(F)c4sc(NC(=O)OC(C)(C)C)c(C#N)c34)c(F)c2n1. The van der Waals surface area contributed by atoms with E-state index in [4.69, 9.17) is 16.3 Å². The molecule has 1 amide bonds. The van der Waals surface area contributed by atoms with Gasteiger partial charge in [0.25, 0.3) is 0 Å². The van der Waals surface area contributed by atoms with Crippen molar-refractivity contribution in [2.75, 3.05) is 5.32 Å². The number of nitrogens with zero attached hydrogens (tertiary/aromatic N) is 3. The lowest BCUT2D eigenvalue weighted by atomic mass is 9.92. The van der Waals surface area contributed by atoms with E-state index in [0.29, 0.717) is 17.4 Å². The molecule has 0 unspecified atom stereocenters. The maximum Gasteiger partial charge on any atom is 0.417 e. The molecule has 1 N–H and O–H groups in total. The number of benzene rings is 2. The van der Waals surface area contributed by atoms with Crippen molar-refractivity contribution in [3.8, 4) is 17.2 Å². The topological polar surface area (TPSA) is 87.9 Å². The van der Waals surface area contributed by atoms with Gasteiger partial charge in [0.2, 0.25) is 0 Å². The third-order valence-electron chi connectivity index (χ3n) is 5.09. The number of carbonyl (C=O) groups excluding carboxylic acids is 1. The summed E-state index contributed by atoms with van der Waals surface area (Å²) >= 11 is 6.59. The summed E-state index contributed by atoms with van der Waals surface area (Å²) in [5, 5.41) is 11.0. The van der Waals surface area contributed by atoms with Gasteiger partial charge in [0, 0.05) is 16.3 Å². The fourth-order valence-corrected chi connectivity index (χ4v) is 5.09. The van der Waals surface area contributed by atoms with Crippen LogP contribution in [0.5, 0.6) is 0 Å². The number of ether oxygens (including phenoxy) is 1. The van der Waals surface area contributed by atoms with Crippen molar-refractivity contribution in [1.29, 1.82) is 5.26 Å². The Hall–Kier alpha value is -3.56. The highest BCUT2D eigenvalue weighted by Gasteiger charge is 2.38. The highest BCUT2D eigenvalue weighted by molar-refractivity contribution is 7.23. The van der Waals surface area contributed by atoms with Crippen molar-refractivity contribution in [3.05, 3.63) is 51.9 Å². The lowest BCUT2D eigenvalue weighted by molar-refractivity contribution is -0.137. The Morgan fingerprint density at radius 3 is 2.46 bits per heavy atom. The molecular formula is C24H16ClF5N4O2S. The van der Waals surface area contributed by atoms with Gasteiger partial charge in [-0.2, -0.15) is 18.4 Å². The van der Waals surface area contributed by atoms with E-state index >= 15 is 4.39 Å². The minimum absolute atomic E-state index is 0.0171. The predicted molar refractivity (Wildman–Crippen MR) is 130 cm³/mol. The summed E-state index contributed by atoms with van der Waals surface area (Å²) in [5.74, 6) is -2.24. The quantitative estimate of drug-likeness (QED) is 0.200. The molecule has 0 spiro atoms. The zero-order valence-electron chi connectivity index (χ0n) is 19.6. The molecule has 0 saturated heterocycles. The third-order valence-corrected chi connectivity index (χ3v) is 6.49. The number of rotatable bonds is 2. The molecule has 0 atom stereocenters. The van der Waals surface area contributed by atoms with Gasteiger partial charge < -0.3 is 4.74 Å². The van der Waals surface area contributed by atoms with Crippen LogP contribution in [-0.2, 0) is 10.9 Å². The molecule has 192 valence electrons. The Morgan fingerprint density at radius 1 is 1.19 bits per heavy atom. The molecule has 0 aliphatic carbocycles. The Kier molecular flexibility index (Phi) is 6.50. The maximum atomic E-state index is 15.9. The van der Waals surface area contributed by atoms with Crippen molar-refractivity contribution in [1.82, 2.24) is 9.97 Å². The number of nitrogens with one attached hydrogen (secondary N) is 1. The van der Waals surface area contributed by atoms with E-state index in [1.165, 1.54) is 6.92 Å². The summed E-state index contributed by atoms with van der Waals surface area (Å²) in [7, 11) is 0. The molecule has 4 rings (SSSR count). The molecule has 2 aromatic heterocycles. The van der Waals surface area contributed by atoms with Crippen LogP contribution in [0.1, 0.15) is 37.7 Å². The monoisotopic (exact) mass is 554 g/mol. The van der Waals surface area contributed by atoms with E-state index in [9.17, 15) is 27.6 Å². The summed E-state index contributed by atoms with van der Waals surface area (Å²) in [6, 6.07) is 4.19. The highest BCUT2D eigenvalue weighted by Crippen LogP contribution is 2.48. The number of halogens is 6. The molecule has 0 saturated carbocycles. The number of hydrogen-bond donors (Lipinski definition) is 1. The molecule has 0 aliphatic heterocycles. The lowest BCUT2D eigenvalue weighted by Gasteiger charge is -2.19. The standard InChI is InChI=1S/C24H16ClF5N4O2S/c1-9-32-18-11(20(25)33-9)7-13(24(28,29)30)16(17(18)27)10-5-6-14(26)19-15(10)12(8-31)21(37-19)34-22(35)36-23(2,3)4/h5-7H,1-4H3,(H,34,35). The molecule has 2 heterocycles. The summed E-state index contributed by atoms with van der Waals surface area (Å²) in [4.78, 5) is 20.0. The first-order valence-electron chi connectivity index (χ1n) is 10.5. The fourth-order valence-electron chi connectivity index (χ4n) is 3.75. The van der Waals surface area contributed by atoms with Gasteiger partial charge in [-0.25, -0.2) is 23.5 Å². The zero-order chi connectivity index (χ0) is 27.4. The van der Waals surface area contributed by atoms with Gasteiger partial charge in [-0.1, -0.05) is 17.7 Å². The Labute approximate surface area is 215 Å². The van der Waals surface area contributed by atoms with Crippen LogP contribution in [0.2, 0.25) is 5.15 Å². The number of thiophene rings is 1. The molecule has 6 nitrogen and oxygen atoms in total. The van der Waals surface area contributed by atoms with Gasteiger partial charge in [0.15, 0.2) is 5.82 Å². The number of anilines is 1. The average molecular weight is 555 g/mol. The Morgan fingerprint density at radius 2 is 1.86 bits per heavy atom. The van der Waals surface area contributed by atoms with E-state index < -0.39 is 51.7 Å². The molecule has 0 fully saturated rings. The second-order valence-corrected chi connectivity index (χ2v) is 10.3. The van der Waals surface area contributed by atoms with Crippen molar-refractivity contribution < 1.29 is 31.5 Å². The summed E-state index contributed by atoms with van der Waals surface area (Å²) in [6.45, 7) is 6.18. The van der Waals surface area contributed by atoms with Crippen LogP contribution in [0.3, 0.4) is 0 Å². The van der Waals surface area contributed by atoms with E-state index in [-0.39, 0.29) is 37.0 Å². The Bertz CT molecular complexity index is 1640. The second kappa shape index (κ2) is 9.08. The van der Waals surface area contributed by atoms with Gasteiger partial charge in [0.05, 0.1) is 15.8 Å².